The van der Waals surface area contributed by atoms with E-state index in [-0.39, 0.29) is 18.3 Å². The summed E-state index contributed by atoms with van der Waals surface area (Å²) in [6.45, 7) is 3.82. The molecule has 1 aliphatic heterocycles. The zero-order valence-corrected chi connectivity index (χ0v) is 17.7. The maximum Gasteiger partial charge on any atom is 0.440 e. The Morgan fingerprint density at radius 3 is 2.40 bits per heavy atom. The molecule has 0 aromatic carbocycles. The lowest BCUT2D eigenvalue weighted by Crippen LogP contribution is -2.69. The summed E-state index contributed by atoms with van der Waals surface area (Å²) in [5.74, 6) is -1.88. The summed E-state index contributed by atoms with van der Waals surface area (Å²) in [5.41, 5.74) is -3.38. The molecule has 0 radical (unpaired) electrons. The molecular formula is C21H32F3N3O3. The van der Waals surface area contributed by atoms with Gasteiger partial charge in [0.05, 0.1) is 0 Å². The van der Waals surface area contributed by atoms with E-state index < -0.39 is 35.7 Å². The monoisotopic (exact) mass is 431 g/mol. The van der Waals surface area contributed by atoms with Crippen LogP contribution >= 0.6 is 0 Å². The van der Waals surface area contributed by atoms with Gasteiger partial charge in [-0.05, 0) is 30.6 Å². The maximum atomic E-state index is 14.0. The molecule has 0 aromatic rings. The third-order valence-electron chi connectivity index (χ3n) is 7.30. The molecule has 2 aliphatic carbocycles. The molecule has 30 heavy (non-hydrogen) atoms. The highest BCUT2D eigenvalue weighted by atomic mass is 19.4. The Morgan fingerprint density at radius 1 is 1.10 bits per heavy atom. The zero-order chi connectivity index (χ0) is 22.1. The van der Waals surface area contributed by atoms with E-state index in [2.05, 4.69) is 0 Å². The number of carbonyl (C=O) groups excluding carboxylic acids is 3. The van der Waals surface area contributed by atoms with Crippen LogP contribution in [0.15, 0.2) is 0 Å². The van der Waals surface area contributed by atoms with Crippen LogP contribution in [0, 0.1) is 17.8 Å². The number of hydrogen-bond donors (Lipinski definition) is 2. The molecule has 0 aromatic heterocycles. The molecule has 6 nitrogen and oxygen atoms in total. The van der Waals surface area contributed by atoms with Crippen LogP contribution in [0.4, 0.5) is 18.0 Å². The number of amides is 4. The standard InChI is InChI=1S/C21H32F3N3O3/c1-13-7-6-10-16(14(13)2)27-18(29)20(21(22,23)24,26-19(27)30)25-17(28)12-11-15-8-4-3-5-9-15/h13-16H,3-12H2,1-2H3,(H,25,28)(H,26,30)/t13-,14+,16+,20-/m1/s1. The van der Waals surface area contributed by atoms with Crippen molar-refractivity contribution in [2.24, 2.45) is 17.8 Å². The predicted molar refractivity (Wildman–Crippen MR) is 104 cm³/mol. The van der Waals surface area contributed by atoms with Crippen molar-refractivity contribution in [3.8, 4) is 0 Å². The van der Waals surface area contributed by atoms with Gasteiger partial charge in [0.1, 0.15) is 0 Å². The lowest BCUT2D eigenvalue weighted by molar-refractivity contribution is -0.205. The number of hydrogen-bond acceptors (Lipinski definition) is 3. The largest absolute Gasteiger partial charge is 0.440 e. The minimum atomic E-state index is -5.14. The van der Waals surface area contributed by atoms with Crippen molar-refractivity contribution in [1.29, 1.82) is 0 Å². The van der Waals surface area contributed by atoms with Gasteiger partial charge >= 0.3 is 12.2 Å². The van der Waals surface area contributed by atoms with Crippen LogP contribution in [-0.4, -0.2) is 40.6 Å². The average Bonchev–Trinajstić information content (AvgIpc) is 2.94. The highest BCUT2D eigenvalue weighted by Crippen LogP contribution is 2.39. The first-order valence-corrected chi connectivity index (χ1v) is 11.1. The first kappa shape index (κ1) is 22.9. The molecule has 9 heteroatoms. The van der Waals surface area contributed by atoms with Gasteiger partial charge < -0.3 is 5.32 Å². The summed E-state index contributed by atoms with van der Waals surface area (Å²) < 4.78 is 42.1. The number of carbonyl (C=O) groups is 3. The Balaban J connectivity index is 1.75. The molecule has 2 N–H and O–H groups in total. The summed E-state index contributed by atoms with van der Waals surface area (Å²) >= 11 is 0. The van der Waals surface area contributed by atoms with E-state index >= 15 is 0 Å². The predicted octanol–water partition coefficient (Wildman–Crippen LogP) is 4.10. The van der Waals surface area contributed by atoms with Crippen molar-refractivity contribution >= 4 is 17.8 Å². The van der Waals surface area contributed by atoms with E-state index in [0.29, 0.717) is 23.7 Å². The Labute approximate surface area is 175 Å². The van der Waals surface area contributed by atoms with Crippen molar-refractivity contribution in [3.05, 3.63) is 0 Å². The van der Waals surface area contributed by atoms with Crippen LogP contribution in [0.1, 0.15) is 78.1 Å². The molecule has 0 unspecified atom stereocenters. The van der Waals surface area contributed by atoms with Gasteiger partial charge in [-0.15, -0.1) is 0 Å². The van der Waals surface area contributed by atoms with Gasteiger partial charge in [-0.2, -0.15) is 13.2 Å². The molecule has 3 aliphatic rings. The maximum absolute atomic E-state index is 14.0. The number of urea groups is 1. The van der Waals surface area contributed by atoms with E-state index in [1.165, 1.54) is 0 Å². The normalized spacial score (nSPS) is 33.5. The Morgan fingerprint density at radius 2 is 1.77 bits per heavy atom. The molecule has 3 fully saturated rings. The minimum absolute atomic E-state index is 0.0947. The zero-order valence-electron chi connectivity index (χ0n) is 17.7. The van der Waals surface area contributed by atoms with Crippen LogP contribution in [0.2, 0.25) is 0 Å². The highest BCUT2D eigenvalue weighted by molar-refractivity contribution is 6.09. The number of halogens is 3. The fourth-order valence-electron chi connectivity index (χ4n) is 5.20. The molecule has 170 valence electrons. The first-order chi connectivity index (χ1) is 14.1. The quantitative estimate of drug-likeness (QED) is 0.644. The topological polar surface area (TPSA) is 78.5 Å². The summed E-state index contributed by atoms with van der Waals surface area (Å²) in [6.07, 6.45) is 2.59. The number of imide groups is 1. The van der Waals surface area contributed by atoms with Gasteiger partial charge in [-0.1, -0.05) is 58.8 Å². The van der Waals surface area contributed by atoms with Gasteiger partial charge in [0.15, 0.2) is 0 Å². The number of nitrogens with one attached hydrogen (secondary N) is 2. The number of nitrogens with zero attached hydrogens (tertiary/aromatic N) is 1. The van der Waals surface area contributed by atoms with Crippen molar-refractivity contribution < 1.29 is 27.6 Å². The summed E-state index contributed by atoms with van der Waals surface area (Å²) in [5, 5.41) is 3.65. The van der Waals surface area contributed by atoms with Gasteiger partial charge in [0.25, 0.3) is 11.6 Å². The molecule has 3 rings (SSSR count). The van der Waals surface area contributed by atoms with Crippen LogP contribution in [0.25, 0.3) is 0 Å². The second-order valence-electron chi connectivity index (χ2n) is 9.28. The van der Waals surface area contributed by atoms with Crippen molar-refractivity contribution in [3.63, 3.8) is 0 Å². The van der Waals surface area contributed by atoms with Crippen LogP contribution in [0.3, 0.4) is 0 Å². The minimum Gasteiger partial charge on any atom is -0.318 e. The smallest absolute Gasteiger partial charge is 0.318 e. The Kier molecular flexibility index (Phi) is 6.67. The van der Waals surface area contributed by atoms with E-state index in [1.54, 1.807) is 5.32 Å². The lowest BCUT2D eigenvalue weighted by atomic mass is 9.77. The van der Waals surface area contributed by atoms with Crippen LogP contribution in [0.5, 0.6) is 0 Å². The van der Waals surface area contributed by atoms with Gasteiger partial charge in [-0.3, -0.25) is 19.8 Å². The molecule has 0 bridgehead atoms. The van der Waals surface area contributed by atoms with Gasteiger partial charge in [-0.25, -0.2) is 4.79 Å². The Bertz CT molecular complexity index is 678. The van der Waals surface area contributed by atoms with E-state index in [1.807, 2.05) is 19.2 Å². The van der Waals surface area contributed by atoms with Crippen molar-refractivity contribution in [2.75, 3.05) is 0 Å². The molecule has 2 saturated carbocycles. The number of alkyl halides is 3. The third kappa shape index (κ3) is 4.30. The van der Waals surface area contributed by atoms with Gasteiger partial charge in [0.2, 0.25) is 5.91 Å². The molecule has 4 atom stereocenters. The molecule has 1 saturated heterocycles. The second-order valence-corrected chi connectivity index (χ2v) is 9.28. The summed E-state index contributed by atoms with van der Waals surface area (Å²) in [6, 6.07) is -1.69. The molecule has 1 heterocycles. The summed E-state index contributed by atoms with van der Waals surface area (Å²) in [7, 11) is 0. The highest BCUT2D eigenvalue weighted by Gasteiger charge is 2.69. The van der Waals surface area contributed by atoms with E-state index in [4.69, 9.17) is 0 Å². The fourth-order valence-corrected chi connectivity index (χ4v) is 5.20. The average molecular weight is 431 g/mol. The van der Waals surface area contributed by atoms with Gasteiger partial charge in [0, 0.05) is 12.5 Å². The number of rotatable bonds is 5. The lowest BCUT2D eigenvalue weighted by Gasteiger charge is -2.38. The van der Waals surface area contributed by atoms with E-state index in [0.717, 1.165) is 44.9 Å². The Hall–Kier alpha value is -1.80. The van der Waals surface area contributed by atoms with Crippen molar-refractivity contribution in [2.45, 2.75) is 95.9 Å². The molecule has 4 amide bonds. The third-order valence-corrected chi connectivity index (χ3v) is 7.30. The molecular weight excluding hydrogens is 399 g/mol. The van der Waals surface area contributed by atoms with E-state index in [9.17, 15) is 27.6 Å². The summed E-state index contributed by atoms with van der Waals surface area (Å²) in [4.78, 5) is 38.6. The van der Waals surface area contributed by atoms with Crippen LogP contribution in [-0.2, 0) is 9.59 Å². The first-order valence-electron chi connectivity index (χ1n) is 11.1. The second kappa shape index (κ2) is 8.75. The van der Waals surface area contributed by atoms with Crippen LogP contribution < -0.4 is 10.6 Å². The fraction of sp³-hybridized carbons (Fsp3) is 0.857. The SMILES string of the molecule is C[C@H]1[C@H](C)CCC[C@@H]1N1C(=O)N[C@@](NC(=O)CCC2CCCCC2)(C(F)(F)F)C1=O. The van der Waals surface area contributed by atoms with Crippen molar-refractivity contribution in [1.82, 2.24) is 15.5 Å². The molecule has 0 spiro atoms.